The Labute approximate surface area is 156 Å². The summed E-state index contributed by atoms with van der Waals surface area (Å²) in [5, 5.41) is 10.0. The number of carboxylic acid groups (broad SMARTS) is 1. The highest BCUT2D eigenvalue weighted by Gasteiger charge is 2.41. The van der Waals surface area contributed by atoms with Crippen molar-refractivity contribution < 1.29 is 37.5 Å². The minimum atomic E-state index is -4.67. The number of amides is 2. The third kappa shape index (κ3) is 4.97. The van der Waals surface area contributed by atoms with Gasteiger partial charge in [-0.2, -0.15) is 13.2 Å². The van der Waals surface area contributed by atoms with Gasteiger partial charge in [-0.3, -0.25) is 19.2 Å². The molecule has 0 aliphatic carbocycles. The maximum atomic E-state index is 12.9. The summed E-state index contributed by atoms with van der Waals surface area (Å²) in [6.45, 7) is -1.08. The lowest BCUT2D eigenvalue weighted by Gasteiger charge is -2.31. The van der Waals surface area contributed by atoms with E-state index in [1.807, 2.05) is 5.32 Å². The van der Waals surface area contributed by atoms with Crippen molar-refractivity contribution in [2.24, 2.45) is 5.92 Å². The molecular weight excluding hydrogens is 393 g/mol. The zero-order valence-electron chi connectivity index (χ0n) is 13.7. The van der Waals surface area contributed by atoms with Crippen molar-refractivity contribution in [1.82, 2.24) is 10.2 Å². The molecule has 0 aromatic heterocycles. The first kappa shape index (κ1) is 20.7. The Kier molecular flexibility index (Phi) is 6.09. The molecule has 0 bridgehead atoms. The molecule has 1 aliphatic rings. The van der Waals surface area contributed by atoms with Crippen molar-refractivity contribution in [3.05, 3.63) is 34.3 Å². The van der Waals surface area contributed by atoms with Gasteiger partial charge in [-0.05, 0) is 17.7 Å². The lowest BCUT2D eigenvalue weighted by molar-refractivity contribution is -0.152. The van der Waals surface area contributed by atoms with E-state index in [2.05, 4.69) is 0 Å². The minimum absolute atomic E-state index is 0.0651. The lowest BCUT2D eigenvalue weighted by Crippen LogP contribution is -2.52. The van der Waals surface area contributed by atoms with Gasteiger partial charge >= 0.3 is 12.1 Å². The molecule has 1 saturated heterocycles. The number of rotatable bonds is 5. The van der Waals surface area contributed by atoms with Crippen LogP contribution in [-0.2, 0) is 31.9 Å². The van der Waals surface area contributed by atoms with Crippen LogP contribution >= 0.6 is 11.6 Å². The number of carbonyl (C=O) groups is 4. The number of alkyl halides is 3. The van der Waals surface area contributed by atoms with Crippen molar-refractivity contribution in [1.29, 1.82) is 0 Å². The van der Waals surface area contributed by atoms with Crippen LogP contribution in [-0.4, -0.2) is 46.7 Å². The number of carboxylic acids is 1. The van der Waals surface area contributed by atoms with E-state index in [4.69, 9.17) is 16.7 Å². The van der Waals surface area contributed by atoms with E-state index in [0.717, 1.165) is 17.0 Å². The molecule has 1 aromatic carbocycles. The van der Waals surface area contributed by atoms with Gasteiger partial charge in [0.15, 0.2) is 11.7 Å². The van der Waals surface area contributed by atoms with Crippen LogP contribution in [0.1, 0.15) is 17.5 Å². The second-order valence-electron chi connectivity index (χ2n) is 5.83. The number of piperidine rings is 1. The zero-order chi connectivity index (χ0) is 20.4. The predicted octanol–water partition coefficient (Wildman–Crippen LogP) is 1.48. The summed E-state index contributed by atoms with van der Waals surface area (Å²) in [5.74, 6) is -5.68. The molecular formula is C16H14ClF3N2O5. The van der Waals surface area contributed by atoms with Gasteiger partial charge in [0.1, 0.15) is 6.54 Å². The predicted molar refractivity (Wildman–Crippen MR) is 85.6 cm³/mol. The van der Waals surface area contributed by atoms with E-state index in [1.54, 1.807) is 0 Å². The third-order valence-electron chi connectivity index (χ3n) is 3.89. The van der Waals surface area contributed by atoms with E-state index in [0.29, 0.717) is 0 Å². The highest BCUT2D eigenvalue weighted by Crippen LogP contribution is 2.35. The largest absolute Gasteiger partial charge is 0.480 e. The number of Topliss-reactive ketones (excluding diaryl/α,β-unsaturated/α-hetero) is 1. The fourth-order valence-corrected chi connectivity index (χ4v) is 2.83. The number of hydrogen-bond donors (Lipinski definition) is 2. The molecule has 2 rings (SSSR count). The van der Waals surface area contributed by atoms with Crippen molar-refractivity contribution in [3.8, 4) is 0 Å². The smallest absolute Gasteiger partial charge is 0.417 e. The topological polar surface area (TPSA) is 104 Å². The van der Waals surface area contributed by atoms with Crippen LogP contribution in [0.2, 0.25) is 5.02 Å². The molecule has 2 amide bonds. The first-order chi connectivity index (χ1) is 12.5. The number of hydrogen-bond acceptors (Lipinski definition) is 4. The normalized spacial score (nSPS) is 17.8. The molecule has 1 heterocycles. The standard InChI is InChI=1S/C16H14ClF3N2O5/c17-10-2-1-8(5-9(10)16(18,19)20)7-22-4-3-11(23)13(15(22)27)14(26)21-6-12(24)25/h1-2,5,13H,3-4,6-7H2,(H,21,26)(H,24,25). The Hall–Kier alpha value is -2.62. The minimum Gasteiger partial charge on any atom is -0.480 e. The van der Waals surface area contributed by atoms with Gasteiger partial charge in [-0.25, -0.2) is 0 Å². The molecule has 7 nitrogen and oxygen atoms in total. The van der Waals surface area contributed by atoms with Gasteiger partial charge in [0, 0.05) is 19.5 Å². The molecule has 1 aliphatic heterocycles. The number of carbonyl (C=O) groups excluding carboxylic acids is 3. The Morgan fingerprint density at radius 3 is 2.56 bits per heavy atom. The van der Waals surface area contributed by atoms with Crippen LogP contribution in [0.3, 0.4) is 0 Å². The van der Waals surface area contributed by atoms with Crippen LogP contribution in [0.4, 0.5) is 13.2 Å². The number of benzene rings is 1. The third-order valence-corrected chi connectivity index (χ3v) is 4.22. The Balaban J connectivity index is 2.18. The van der Waals surface area contributed by atoms with Crippen LogP contribution in [0.15, 0.2) is 18.2 Å². The van der Waals surface area contributed by atoms with Crippen molar-refractivity contribution in [2.45, 2.75) is 19.1 Å². The van der Waals surface area contributed by atoms with E-state index in [9.17, 15) is 32.3 Å². The number of likely N-dealkylation sites (tertiary alicyclic amines) is 1. The molecule has 0 saturated carbocycles. The number of nitrogens with one attached hydrogen (secondary N) is 1. The van der Waals surface area contributed by atoms with Crippen molar-refractivity contribution >= 4 is 35.2 Å². The summed E-state index contributed by atoms with van der Waals surface area (Å²) >= 11 is 5.55. The number of halogens is 4. The zero-order valence-corrected chi connectivity index (χ0v) is 14.4. The highest BCUT2D eigenvalue weighted by atomic mass is 35.5. The molecule has 2 N–H and O–H groups in total. The van der Waals surface area contributed by atoms with E-state index < -0.39 is 52.8 Å². The fourth-order valence-electron chi connectivity index (χ4n) is 2.61. The summed E-state index contributed by atoms with van der Waals surface area (Å²) in [6, 6.07) is 3.16. The van der Waals surface area contributed by atoms with Crippen LogP contribution in [0, 0.1) is 5.92 Å². The summed E-state index contributed by atoms with van der Waals surface area (Å²) in [5.41, 5.74) is -0.933. The maximum Gasteiger partial charge on any atom is 0.417 e. The second-order valence-corrected chi connectivity index (χ2v) is 6.24. The molecule has 1 aromatic rings. The molecule has 1 fully saturated rings. The van der Waals surface area contributed by atoms with Crippen molar-refractivity contribution in [3.63, 3.8) is 0 Å². The summed E-state index contributed by atoms with van der Waals surface area (Å²) in [6.07, 6.45) is -4.84. The van der Waals surface area contributed by atoms with E-state index >= 15 is 0 Å². The summed E-state index contributed by atoms with van der Waals surface area (Å²) in [7, 11) is 0. The number of aliphatic carboxylic acids is 1. The molecule has 0 spiro atoms. The Morgan fingerprint density at radius 1 is 1.30 bits per heavy atom. The molecule has 1 unspecified atom stereocenters. The van der Waals surface area contributed by atoms with Gasteiger partial charge in [0.2, 0.25) is 11.8 Å². The Morgan fingerprint density at radius 2 is 1.96 bits per heavy atom. The summed E-state index contributed by atoms with van der Waals surface area (Å²) in [4.78, 5) is 47.8. The lowest BCUT2D eigenvalue weighted by atomic mass is 9.94. The second kappa shape index (κ2) is 7.95. The van der Waals surface area contributed by atoms with Crippen LogP contribution in [0.25, 0.3) is 0 Å². The van der Waals surface area contributed by atoms with Crippen molar-refractivity contribution in [2.75, 3.05) is 13.1 Å². The van der Waals surface area contributed by atoms with Gasteiger partial charge in [-0.1, -0.05) is 17.7 Å². The monoisotopic (exact) mass is 406 g/mol. The molecule has 1 atom stereocenters. The number of ketones is 1. The maximum absolute atomic E-state index is 12.9. The molecule has 0 radical (unpaired) electrons. The van der Waals surface area contributed by atoms with Gasteiger partial charge < -0.3 is 15.3 Å². The quantitative estimate of drug-likeness (QED) is 0.721. The van der Waals surface area contributed by atoms with E-state index in [-0.39, 0.29) is 25.1 Å². The van der Waals surface area contributed by atoms with Gasteiger partial charge in [0.25, 0.3) is 0 Å². The molecule has 27 heavy (non-hydrogen) atoms. The molecule has 11 heteroatoms. The van der Waals surface area contributed by atoms with Crippen LogP contribution < -0.4 is 5.32 Å². The fraction of sp³-hybridized carbons (Fsp3) is 0.375. The first-order valence-electron chi connectivity index (χ1n) is 7.67. The Bertz CT molecular complexity index is 797. The summed E-state index contributed by atoms with van der Waals surface area (Å²) < 4.78 is 38.8. The average molecular weight is 407 g/mol. The average Bonchev–Trinajstić information content (AvgIpc) is 2.56. The highest BCUT2D eigenvalue weighted by molar-refractivity contribution is 6.31. The van der Waals surface area contributed by atoms with Gasteiger partial charge in [0.05, 0.1) is 10.6 Å². The van der Waals surface area contributed by atoms with Crippen LogP contribution in [0.5, 0.6) is 0 Å². The number of nitrogens with zero attached hydrogens (tertiary/aromatic N) is 1. The molecule has 146 valence electrons. The first-order valence-corrected chi connectivity index (χ1v) is 8.05. The SMILES string of the molecule is O=C(O)CNC(=O)C1C(=O)CCN(Cc2ccc(Cl)c(C(F)(F)F)c2)C1=O. The van der Waals surface area contributed by atoms with E-state index in [1.165, 1.54) is 6.07 Å². The van der Waals surface area contributed by atoms with Gasteiger partial charge in [-0.15, -0.1) is 0 Å².